The van der Waals surface area contributed by atoms with Crippen molar-refractivity contribution in [3.8, 4) is 103 Å². The van der Waals surface area contributed by atoms with Gasteiger partial charge in [0, 0.05) is 16.7 Å². The highest BCUT2D eigenvalue weighted by molar-refractivity contribution is 5.87. The zero-order chi connectivity index (χ0) is 38.4. The third kappa shape index (κ3) is 7.12. The lowest BCUT2D eigenvalue weighted by Crippen LogP contribution is -2.00. The zero-order valence-corrected chi connectivity index (χ0v) is 29.7. The molecule has 1 heterocycles. The molecule has 0 spiro atoms. The first-order chi connectivity index (χ1) is 27.5. The third-order valence-electron chi connectivity index (χ3n) is 9.48. The van der Waals surface area contributed by atoms with Crippen LogP contribution < -0.4 is 0 Å². The highest BCUT2D eigenvalue weighted by atomic mass is 15.0. The van der Waals surface area contributed by atoms with Crippen LogP contribution in [0.3, 0.4) is 0 Å². The SMILES string of the molecule is N#Cc1ccc(-c2ccc(-c3nc(-c4ccc(-c5ccccc5)cc4)nc(-c4ccc(-c5cc(C#N)cc(C#N)c5)cc4)n3)cc2-c2ccc(C#N)cc2)cc1. The summed E-state index contributed by atoms with van der Waals surface area (Å²) in [5, 5.41) is 37.9. The highest BCUT2D eigenvalue weighted by Gasteiger charge is 2.16. The molecule has 7 nitrogen and oxygen atoms in total. The average Bonchev–Trinajstić information content (AvgIpc) is 3.29. The molecule has 0 N–H and O–H groups in total. The highest BCUT2D eigenvalue weighted by Crippen LogP contribution is 2.37. The Morgan fingerprint density at radius 3 is 1.12 bits per heavy atom. The van der Waals surface area contributed by atoms with Gasteiger partial charge in [-0.1, -0.05) is 115 Å². The molecule has 0 aliphatic carbocycles. The predicted octanol–water partition coefficient (Wildman–Crippen LogP) is 11.0. The Kier molecular flexibility index (Phi) is 9.41. The maximum atomic E-state index is 9.53. The molecule has 0 saturated carbocycles. The molecule has 7 heteroatoms. The Labute approximate surface area is 324 Å². The van der Waals surface area contributed by atoms with Crippen LogP contribution in [-0.4, -0.2) is 15.0 Å². The first-order valence-corrected chi connectivity index (χ1v) is 17.7. The molecule has 56 heavy (non-hydrogen) atoms. The second kappa shape index (κ2) is 15.2. The normalized spacial score (nSPS) is 10.4. The average molecular weight is 714 g/mol. The van der Waals surface area contributed by atoms with Gasteiger partial charge in [0.1, 0.15) is 0 Å². The molecule has 7 aromatic carbocycles. The molecule has 0 radical (unpaired) electrons. The Morgan fingerprint density at radius 2 is 0.643 bits per heavy atom. The summed E-state index contributed by atoms with van der Waals surface area (Å²) in [7, 11) is 0. The second-order valence-electron chi connectivity index (χ2n) is 13.0. The van der Waals surface area contributed by atoms with Crippen LogP contribution in [0, 0.1) is 45.3 Å². The molecule has 0 saturated heterocycles. The van der Waals surface area contributed by atoms with E-state index in [2.05, 4.69) is 48.5 Å². The van der Waals surface area contributed by atoms with Crippen LogP contribution in [0.2, 0.25) is 0 Å². The maximum Gasteiger partial charge on any atom is 0.164 e. The number of nitrogens with zero attached hydrogens (tertiary/aromatic N) is 7. The molecule has 8 rings (SSSR count). The van der Waals surface area contributed by atoms with E-state index >= 15 is 0 Å². The van der Waals surface area contributed by atoms with Gasteiger partial charge in [-0.05, 0) is 93.0 Å². The van der Waals surface area contributed by atoms with Crippen LogP contribution in [0.5, 0.6) is 0 Å². The van der Waals surface area contributed by atoms with Crippen molar-refractivity contribution in [2.45, 2.75) is 0 Å². The summed E-state index contributed by atoms with van der Waals surface area (Å²) in [5.41, 5.74) is 11.8. The Bertz CT molecular complexity index is 2870. The number of rotatable bonds is 7. The summed E-state index contributed by atoms with van der Waals surface area (Å²) in [5.74, 6) is 1.45. The zero-order valence-electron chi connectivity index (χ0n) is 29.7. The van der Waals surface area contributed by atoms with Gasteiger partial charge in [0.05, 0.1) is 46.5 Å². The monoisotopic (exact) mass is 713 g/mol. The molecule has 8 aromatic rings. The maximum absolute atomic E-state index is 9.53. The lowest BCUT2D eigenvalue weighted by atomic mass is 9.92. The number of hydrogen-bond acceptors (Lipinski definition) is 7. The topological polar surface area (TPSA) is 134 Å². The van der Waals surface area contributed by atoms with Crippen molar-refractivity contribution < 1.29 is 0 Å². The number of benzene rings is 7. The van der Waals surface area contributed by atoms with E-state index in [0.717, 1.165) is 61.2 Å². The fourth-order valence-corrected chi connectivity index (χ4v) is 6.56. The van der Waals surface area contributed by atoms with Crippen molar-refractivity contribution in [1.29, 1.82) is 21.0 Å². The fourth-order valence-electron chi connectivity index (χ4n) is 6.56. The molecular formula is C49H27N7. The van der Waals surface area contributed by atoms with Gasteiger partial charge in [-0.25, -0.2) is 15.0 Å². The van der Waals surface area contributed by atoms with Crippen molar-refractivity contribution in [2.24, 2.45) is 0 Å². The number of aromatic nitrogens is 3. The molecule has 0 aliphatic rings. The lowest BCUT2D eigenvalue weighted by molar-refractivity contribution is 1.07. The molecule has 0 amide bonds. The van der Waals surface area contributed by atoms with Crippen LogP contribution in [0.1, 0.15) is 22.3 Å². The van der Waals surface area contributed by atoms with Gasteiger partial charge < -0.3 is 0 Å². The van der Waals surface area contributed by atoms with Crippen molar-refractivity contribution in [3.63, 3.8) is 0 Å². The smallest absolute Gasteiger partial charge is 0.164 e. The van der Waals surface area contributed by atoms with Gasteiger partial charge in [0.2, 0.25) is 0 Å². The number of nitriles is 4. The Balaban J connectivity index is 1.26. The molecule has 0 bridgehead atoms. The molecule has 258 valence electrons. The standard InChI is InChI=1S/C49H27N7/c50-28-32-6-10-39(11-7-32)45-23-22-43(27-46(45)40-12-8-33(29-51)9-13-40)49-55-47(41-18-14-37(15-19-41)36-4-2-1-3-5-36)54-48(56-49)42-20-16-38(17-21-42)44-25-34(30-52)24-35(26-44)31-53/h1-27H. The van der Waals surface area contributed by atoms with Crippen molar-refractivity contribution in [2.75, 3.05) is 0 Å². The molecule has 1 aromatic heterocycles. The van der Waals surface area contributed by atoms with Gasteiger partial charge in [-0.3, -0.25) is 0 Å². The van der Waals surface area contributed by atoms with E-state index in [1.165, 1.54) is 0 Å². The first-order valence-electron chi connectivity index (χ1n) is 17.7. The summed E-state index contributed by atoms with van der Waals surface area (Å²) < 4.78 is 0. The molecular weight excluding hydrogens is 687 g/mol. The second-order valence-corrected chi connectivity index (χ2v) is 13.0. The van der Waals surface area contributed by atoms with E-state index in [4.69, 9.17) is 15.0 Å². The van der Waals surface area contributed by atoms with E-state index < -0.39 is 0 Å². The third-order valence-corrected chi connectivity index (χ3v) is 9.48. The summed E-state index contributed by atoms with van der Waals surface area (Å²) in [4.78, 5) is 15.0. The van der Waals surface area contributed by atoms with Gasteiger partial charge >= 0.3 is 0 Å². The van der Waals surface area contributed by atoms with Gasteiger partial charge in [0.25, 0.3) is 0 Å². The van der Waals surface area contributed by atoms with Crippen LogP contribution in [0.25, 0.3) is 78.7 Å². The van der Waals surface area contributed by atoms with E-state index in [1.54, 1.807) is 42.5 Å². The molecule has 0 unspecified atom stereocenters. The van der Waals surface area contributed by atoms with Crippen LogP contribution in [0.4, 0.5) is 0 Å². The van der Waals surface area contributed by atoms with Crippen molar-refractivity contribution >= 4 is 0 Å². The first kappa shape index (κ1) is 34.6. The molecule has 0 atom stereocenters. The summed E-state index contributed by atoms with van der Waals surface area (Å²) in [6, 6.07) is 60.8. The number of hydrogen-bond donors (Lipinski definition) is 0. The van der Waals surface area contributed by atoms with E-state index in [9.17, 15) is 21.0 Å². The fraction of sp³-hybridized carbons (Fsp3) is 0. The largest absolute Gasteiger partial charge is 0.208 e. The van der Waals surface area contributed by atoms with Crippen LogP contribution >= 0.6 is 0 Å². The van der Waals surface area contributed by atoms with Gasteiger partial charge in [0.15, 0.2) is 17.5 Å². The minimum atomic E-state index is 0.415. The Morgan fingerprint density at radius 1 is 0.268 bits per heavy atom. The van der Waals surface area contributed by atoms with Crippen molar-refractivity contribution in [3.05, 3.63) is 186 Å². The summed E-state index contributed by atoms with van der Waals surface area (Å²) in [6.07, 6.45) is 0. The van der Waals surface area contributed by atoms with Crippen LogP contribution in [-0.2, 0) is 0 Å². The van der Waals surface area contributed by atoms with Gasteiger partial charge in [-0.15, -0.1) is 0 Å². The minimum Gasteiger partial charge on any atom is -0.208 e. The predicted molar refractivity (Wildman–Crippen MR) is 217 cm³/mol. The van der Waals surface area contributed by atoms with E-state index in [1.807, 2.05) is 97.1 Å². The van der Waals surface area contributed by atoms with Gasteiger partial charge in [-0.2, -0.15) is 21.0 Å². The molecule has 0 aliphatic heterocycles. The van der Waals surface area contributed by atoms with Crippen molar-refractivity contribution in [1.82, 2.24) is 15.0 Å². The Hall–Kier alpha value is -8.49. The van der Waals surface area contributed by atoms with Crippen LogP contribution in [0.15, 0.2) is 164 Å². The summed E-state index contributed by atoms with van der Waals surface area (Å²) >= 11 is 0. The molecule has 0 fully saturated rings. The van der Waals surface area contributed by atoms with E-state index in [0.29, 0.717) is 39.7 Å². The summed E-state index contributed by atoms with van der Waals surface area (Å²) in [6.45, 7) is 0. The quantitative estimate of drug-likeness (QED) is 0.160. The van der Waals surface area contributed by atoms with E-state index in [-0.39, 0.29) is 0 Å². The lowest BCUT2D eigenvalue weighted by Gasteiger charge is -2.14. The minimum absolute atomic E-state index is 0.415.